The number of methoxy groups -OCH3 is 1. The Balaban J connectivity index is 1.90. The molecule has 2 N–H and O–H groups in total. The molecular weight excluding hydrogens is 204 g/mol. The molecule has 1 fully saturated rings. The average molecular weight is 230 g/mol. The fourth-order valence-corrected chi connectivity index (χ4v) is 2.14. The summed E-state index contributed by atoms with van der Waals surface area (Å²) in [6.45, 7) is 7.98. The molecule has 0 bridgehead atoms. The van der Waals surface area contributed by atoms with E-state index in [0.717, 1.165) is 45.8 Å². The van der Waals surface area contributed by atoms with Gasteiger partial charge in [-0.2, -0.15) is 0 Å². The molecule has 16 heavy (non-hydrogen) atoms. The van der Waals surface area contributed by atoms with E-state index in [4.69, 9.17) is 9.47 Å². The van der Waals surface area contributed by atoms with Crippen LogP contribution in [-0.4, -0.2) is 52.6 Å². The first kappa shape index (κ1) is 13.9. The van der Waals surface area contributed by atoms with Crippen LogP contribution < -0.4 is 10.6 Å². The van der Waals surface area contributed by atoms with E-state index in [1.54, 1.807) is 7.11 Å². The van der Waals surface area contributed by atoms with Gasteiger partial charge in [0.25, 0.3) is 0 Å². The van der Waals surface area contributed by atoms with Gasteiger partial charge in [-0.15, -0.1) is 0 Å². The molecule has 1 heterocycles. The monoisotopic (exact) mass is 230 g/mol. The highest BCUT2D eigenvalue weighted by Gasteiger charge is 2.25. The molecule has 1 saturated heterocycles. The second kappa shape index (κ2) is 8.93. The van der Waals surface area contributed by atoms with Gasteiger partial charge in [-0.05, 0) is 18.8 Å². The minimum Gasteiger partial charge on any atom is -0.383 e. The van der Waals surface area contributed by atoms with Gasteiger partial charge in [0, 0.05) is 39.9 Å². The highest BCUT2D eigenvalue weighted by atomic mass is 16.5. The number of hydrogen-bond donors (Lipinski definition) is 2. The topological polar surface area (TPSA) is 42.5 Å². The molecule has 0 amide bonds. The van der Waals surface area contributed by atoms with Crippen LogP contribution in [-0.2, 0) is 9.47 Å². The second-order valence-corrected chi connectivity index (χ2v) is 4.31. The molecule has 0 aromatic heterocycles. The summed E-state index contributed by atoms with van der Waals surface area (Å²) in [6, 6.07) is 0. The molecule has 0 saturated carbocycles. The van der Waals surface area contributed by atoms with E-state index in [-0.39, 0.29) is 0 Å². The van der Waals surface area contributed by atoms with Crippen molar-refractivity contribution >= 4 is 0 Å². The molecular formula is C12H26N2O2. The Hall–Kier alpha value is -0.160. The van der Waals surface area contributed by atoms with Gasteiger partial charge >= 0.3 is 0 Å². The van der Waals surface area contributed by atoms with Crippen LogP contribution in [0.15, 0.2) is 0 Å². The third-order valence-electron chi connectivity index (χ3n) is 3.12. The number of ether oxygens (including phenoxy) is 2. The van der Waals surface area contributed by atoms with Crippen molar-refractivity contribution in [1.82, 2.24) is 10.6 Å². The van der Waals surface area contributed by atoms with Crippen LogP contribution in [0.5, 0.6) is 0 Å². The first-order valence-electron chi connectivity index (χ1n) is 6.40. The lowest BCUT2D eigenvalue weighted by Gasteiger charge is -2.17. The third kappa shape index (κ3) is 5.25. The van der Waals surface area contributed by atoms with Gasteiger partial charge in [0.05, 0.1) is 12.7 Å². The summed E-state index contributed by atoms with van der Waals surface area (Å²) >= 11 is 0. The molecule has 0 aliphatic carbocycles. The van der Waals surface area contributed by atoms with Crippen LogP contribution in [0.2, 0.25) is 0 Å². The van der Waals surface area contributed by atoms with Gasteiger partial charge in [-0.3, -0.25) is 0 Å². The summed E-state index contributed by atoms with van der Waals surface area (Å²) in [5, 5.41) is 6.80. The molecule has 2 unspecified atom stereocenters. The van der Waals surface area contributed by atoms with E-state index in [2.05, 4.69) is 17.6 Å². The fraction of sp³-hybridized carbons (Fsp3) is 1.00. The molecule has 96 valence electrons. The van der Waals surface area contributed by atoms with Gasteiger partial charge in [0.1, 0.15) is 0 Å². The highest BCUT2D eigenvalue weighted by Crippen LogP contribution is 2.22. The Kier molecular flexibility index (Phi) is 7.76. The summed E-state index contributed by atoms with van der Waals surface area (Å²) in [5.74, 6) is 0.712. The van der Waals surface area contributed by atoms with Gasteiger partial charge in [0.2, 0.25) is 0 Å². The Morgan fingerprint density at radius 1 is 1.25 bits per heavy atom. The maximum absolute atomic E-state index is 5.65. The van der Waals surface area contributed by atoms with Crippen molar-refractivity contribution in [2.24, 2.45) is 5.92 Å². The van der Waals surface area contributed by atoms with Gasteiger partial charge in [0.15, 0.2) is 0 Å². The van der Waals surface area contributed by atoms with Crippen LogP contribution >= 0.6 is 0 Å². The largest absolute Gasteiger partial charge is 0.383 e. The van der Waals surface area contributed by atoms with E-state index in [1.165, 1.54) is 6.42 Å². The summed E-state index contributed by atoms with van der Waals surface area (Å²) in [4.78, 5) is 0. The number of hydrogen-bond acceptors (Lipinski definition) is 4. The maximum atomic E-state index is 5.65. The van der Waals surface area contributed by atoms with Crippen molar-refractivity contribution in [1.29, 1.82) is 0 Å². The predicted octanol–water partition coefficient (Wildman–Crippen LogP) is 0.627. The SMILES string of the molecule is CCC1OCCC1CNCCNCCOC. The zero-order valence-electron chi connectivity index (χ0n) is 10.6. The number of rotatable bonds is 9. The van der Waals surface area contributed by atoms with Crippen molar-refractivity contribution in [3.05, 3.63) is 0 Å². The van der Waals surface area contributed by atoms with E-state index in [0.29, 0.717) is 12.0 Å². The Morgan fingerprint density at radius 2 is 2.06 bits per heavy atom. The minimum atomic E-state index is 0.481. The lowest BCUT2D eigenvalue weighted by atomic mass is 10.00. The first-order valence-corrected chi connectivity index (χ1v) is 6.40. The standard InChI is InChI=1S/C12H26N2O2/c1-3-12-11(4-8-16-12)10-14-6-5-13-7-9-15-2/h11-14H,3-10H2,1-2H3. The van der Waals surface area contributed by atoms with Gasteiger partial charge < -0.3 is 20.1 Å². The summed E-state index contributed by atoms with van der Waals surface area (Å²) < 4.78 is 10.6. The van der Waals surface area contributed by atoms with Crippen molar-refractivity contribution in [2.45, 2.75) is 25.9 Å². The van der Waals surface area contributed by atoms with Crippen LogP contribution in [0.25, 0.3) is 0 Å². The molecule has 4 nitrogen and oxygen atoms in total. The molecule has 0 spiro atoms. The molecule has 1 aliphatic rings. The summed E-state index contributed by atoms with van der Waals surface area (Å²) in [7, 11) is 1.73. The minimum absolute atomic E-state index is 0.481. The van der Waals surface area contributed by atoms with Crippen molar-refractivity contribution in [2.75, 3.05) is 46.5 Å². The fourth-order valence-electron chi connectivity index (χ4n) is 2.14. The molecule has 4 heteroatoms. The van der Waals surface area contributed by atoms with E-state index in [9.17, 15) is 0 Å². The van der Waals surface area contributed by atoms with E-state index < -0.39 is 0 Å². The van der Waals surface area contributed by atoms with Crippen molar-refractivity contribution in [3.8, 4) is 0 Å². The van der Waals surface area contributed by atoms with E-state index in [1.807, 2.05) is 0 Å². The van der Waals surface area contributed by atoms with Crippen molar-refractivity contribution < 1.29 is 9.47 Å². The molecule has 0 radical (unpaired) electrons. The Labute approximate surface area is 99.1 Å². The van der Waals surface area contributed by atoms with Crippen LogP contribution in [0.4, 0.5) is 0 Å². The average Bonchev–Trinajstić information content (AvgIpc) is 2.75. The van der Waals surface area contributed by atoms with Crippen LogP contribution in [0, 0.1) is 5.92 Å². The van der Waals surface area contributed by atoms with Gasteiger partial charge in [-0.25, -0.2) is 0 Å². The normalized spacial score (nSPS) is 25.1. The molecule has 0 aromatic carbocycles. The smallest absolute Gasteiger partial charge is 0.0613 e. The second-order valence-electron chi connectivity index (χ2n) is 4.31. The molecule has 1 aliphatic heterocycles. The van der Waals surface area contributed by atoms with Gasteiger partial charge in [-0.1, -0.05) is 6.92 Å². The van der Waals surface area contributed by atoms with E-state index >= 15 is 0 Å². The third-order valence-corrected chi connectivity index (χ3v) is 3.12. The zero-order valence-corrected chi connectivity index (χ0v) is 10.6. The summed E-state index contributed by atoms with van der Waals surface area (Å²) in [6.07, 6.45) is 2.83. The van der Waals surface area contributed by atoms with Crippen LogP contribution in [0.3, 0.4) is 0 Å². The Morgan fingerprint density at radius 3 is 2.81 bits per heavy atom. The quantitative estimate of drug-likeness (QED) is 0.570. The Bertz CT molecular complexity index is 167. The highest BCUT2D eigenvalue weighted by molar-refractivity contribution is 4.76. The maximum Gasteiger partial charge on any atom is 0.0613 e. The predicted molar refractivity (Wildman–Crippen MR) is 65.8 cm³/mol. The lowest BCUT2D eigenvalue weighted by Crippen LogP contribution is -2.34. The number of nitrogens with one attached hydrogen (secondary N) is 2. The lowest BCUT2D eigenvalue weighted by molar-refractivity contribution is 0.0873. The molecule has 1 rings (SSSR count). The molecule has 0 aromatic rings. The first-order chi connectivity index (χ1) is 7.88. The zero-order chi connectivity index (χ0) is 11.6. The van der Waals surface area contributed by atoms with Crippen molar-refractivity contribution in [3.63, 3.8) is 0 Å². The van der Waals surface area contributed by atoms with Crippen LogP contribution in [0.1, 0.15) is 19.8 Å². The molecule has 2 atom stereocenters. The summed E-state index contributed by atoms with van der Waals surface area (Å²) in [5.41, 5.74) is 0.